The van der Waals surface area contributed by atoms with Crippen molar-refractivity contribution < 1.29 is 0 Å². The second kappa shape index (κ2) is 16.6. The summed E-state index contributed by atoms with van der Waals surface area (Å²) in [5.74, 6) is 0. The van der Waals surface area contributed by atoms with Crippen LogP contribution in [0.2, 0.25) is 0 Å². The highest BCUT2D eigenvalue weighted by Crippen LogP contribution is 2.46. The first-order chi connectivity index (χ1) is 32.6. The van der Waals surface area contributed by atoms with Crippen molar-refractivity contribution in [2.24, 2.45) is 0 Å². The van der Waals surface area contributed by atoms with Gasteiger partial charge in [-0.05, 0) is 104 Å². The highest BCUT2D eigenvalue weighted by atomic mass is 14.3. The zero-order chi connectivity index (χ0) is 49.9. The third kappa shape index (κ3) is 6.32. The molecule has 0 amide bonds. The van der Waals surface area contributed by atoms with E-state index in [1.807, 2.05) is 54.6 Å². The van der Waals surface area contributed by atoms with E-state index >= 15 is 0 Å². The van der Waals surface area contributed by atoms with Crippen molar-refractivity contribution >= 4 is 344 Å². The van der Waals surface area contributed by atoms with Gasteiger partial charge in [-0.15, -0.1) is 54.6 Å². The Morgan fingerprint density at radius 2 is 0.478 bits per heavy atom. The molecule has 42 radical (unpaired) electrons. The lowest BCUT2D eigenvalue weighted by Crippen LogP contribution is -2.53. The first-order valence-corrected chi connectivity index (χ1v) is 21.0. The summed E-state index contributed by atoms with van der Waals surface area (Å²) in [6, 6.07) is 17.7. The van der Waals surface area contributed by atoms with E-state index < -0.39 is 0 Å². The van der Waals surface area contributed by atoms with E-state index in [1.165, 1.54) is 0 Å². The van der Waals surface area contributed by atoms with Gasteiger partial charge in [0.25, 0.3) is 0 Å². The van der Waals surface area contributed by atoms with Gasteiger partial charge < -0.3 is 0 Å². The van der Waals surface area contributed by atoms with Crippen LogP contribution < -0.4 is 115 Å². The molecule has 0 saturated heterocycles. The molecule has 0 bridgehead atoms. The highest BCUT2D eigenvalue weighted by Gasteiger charge is 2.31. The van der Waals surface area contributed by atoms with E-state index in [4.69, 9.17) is 165 Å². The average molecular weight is 813 g/mol. The molecule has 0 saturated carbocycles. The van der Waals surface area contributed by atoms with Gasteiger partial charge in [0.05, 0.1) is 0 Å². The van der Waals surface area contributed by atoms with E-state index in [9.17, 15) is 0 Å². The molecule has 10 rings (SSSR count). The quantitative estimate of drug-likeness (QED) is 0.0947. The molecule has 0 nitrogen and oxygen atoms in total. The fourth-order valence-corrected chi connectivity index (χ4v) is 10.3. The summed E-state index contributed by atoms with van der Waals surface area (Å²) in [5, 5.41) is 4.80. The van der Waals surface area contributed by atoms with Crippen molar-refractivity contribution in [1.82, 2.24) is 0 Å². The first kappa shape index (κ1) is 47.8. The Labute approximate surface area is 429 Å². The van der Waals surface area contributed by atoms with Gasteiger partial charge in [-0.3, -0.25) is 0 Å². The minimum absolute atomic E-state index is 0.00390. The van der Waals surface area contributed by atoms with E-state index in [1.54, 1.807) is 0 Å². The average Bonchev–Trinajstić information content (AvgIpc) is 3.35. The Morgan fingerprint density at radius 3 is 0.913 bits per heavy atom. The molecule has 0 spiro atoms. The third-order valence-electron chi connectivity index (χ3n) is 13.9. The minimum atomic E-state index is -0.178. The maximum Gasteiger partial charge on any atom is 0.115 e. The van der Waals surface area contributed by atoms with Crippen LogP contribution in [0.1, 0.15) is 0 Å². The van der Waals surface area contributed by atoms with Crippen LogP contribution in [0, 0.1) is 0 Å². The monoisotopic (exact) mass is 816 g/mol. The topological polar surface area (TPSA) is 0 Å². The molecule has 0 aliphatic carbocycles. The smallest absolute Gasteiger partial charge is 0.110 e. The van der Waals surface area contributed by atoms with Gasteiger partial charge in [0, 0.05) is 0 Å². The maximum absolute atomic E-state index is 7.36. The van der Waals surface area contributed by atoms with E-state index in [0.717, 1.165) is 21.5 Å². The van der Waals surface area contributed by atoms with Gasteiger partial charge in [-0.25, -0.2) is 0 Å². The number of benzene rings is 10. The van der Waals surface area contributed by atoms with Gasteiger partial charge >= 0.3 is 0 Å². The zero-order valence-corrected chi connectivity index (χ0v) is 36.8. The van der Waals surface area contributed by atoms with E-state index in [-0.39, 0.29) is 180 Å². The molecule has 10 aromatic carbocycles. The molecule has 0 aliphatic rings. The number of fused-ring (bicyclic) bond motifs is 8. The summed E-state index contributed by atoms with van der Waals surface area (Å²) < 4.78 is 0. The molecule has 264 valence electrons. The van der Waals surface area contributed by atoms with Crippen LogP contribution in [0.15, 0.2) is 54.6 Å². The second-order valence-corrected chi connectivity index (χ2v) is 17.3. The number of rotatable bonds is 3. The minimum Gasteiger partial charge on any atom is -0.110 e. The SMILES string of the molecule is [B]c1c([B])c([B])c(-c2c([B])c3c([B])c([B])c([B])c([B])c3c3c([B])c([B])c([B])c([B])c23)c(-c2c3c([B])c([B])c([B])c([B])c3c(-c3cc4ccccc4c4ccccc34)c3c([B])c([B])c([B])c([B])c23)c1[B]. The molecule has 0 fully saturated rings. The molecule has 0 atom stereocenters. The van der Waals surface area contributed by atoms with E-state index in [0.29, 0.717) is 11.1 Å². The molecule has 0 unspecified atom stereocenters. The van der Waals surface area contributed by atoms with E-state index in [2.05, 4.69) is 0 Å². The summed E-state index contributed by atoms with van der Waals surface area (Å²) in [6.45, 7) is 0. The van der Waals surface area contributed by atoms with Crippen LogP contribution in [-0.4, -0.2) is 165 Å². The normalized spacial score (nSPS) is 11.8. The summed E-state index contributed by atoms with van der Waals surface area (Å²) in [7, 11) is 145. The fraction of sp³-hybridized carbons (Fsp3) is 0. The number of hydrogen-bond donors (Lipinski definition) is 0. The van der Waals surface area contributed by atoms with Crippen molar-refractivity contribution in [3.8, 4) is 33.4 Å². The summed E-state index contributed by atoms with van der Waals surface area (Å²) in [4.78, 5) is 0. The van der Waals surface area contributed by atoms with Crippen molar-refractivity contribution in [2.45, 2.75) is 0 Å². The van der Waals surface area contributed by atoms with Crippen molar-refractivity contribution in [3.05, 3.63) is 54.6 Å². The predicted octanol–water partition coefficient (Wildman–Crippen LogP) is -11.7. The van der Waals surface area contributed by atoms with Crippen molar-refractivity contribution in [3.63, 3.8) is 0 Å². The molecular weight excluding hydrogens is 804 g/mol. The summed E-state index contributed by atoms with van der Waals surface area (Å²) in [5.41, 5.74) is -0.661. The Bertz CT molecular complexity index is 4010. The number of hydrogen-bond acceptors (Lipinski definition) is 0. The lowest BCUT2D eigenvalue weighted by molar-refractivity contribution is 1.75. The largest absolute Gasteiger partial charge is 0.115 e. The van der Waals surface area contributed by atoms with Crippen LogP contribution in [-0.2, 0) is 0 Å². The lowest BCUT2D eigenvalue weighted by atomic mass is 9.55. The maximum atomic E-state index is 7.36. The molecular formula is C48H9B21. The van der Waals surface area contributed by atoms with Gasteiger partial charge in [0.1, 0.15) is 165 Å². The third-order valence-corrected chi connectivity index (χ3v) is 13.9. The van der Waals surface area contributed by atoms with Gasteiger partial charge in [-0.2, -0.15) is 0 Å². The molecule has 21 heteroatoms. The fourth-order valence-electron chi connectivity index (χ4n) is 10.3. The molecule has 69 heavy (non-hydrogen) atoms. The Hall–Kier alpha value is -4.88. The van der Waals surface area contributed by atoms with Crippen LogP contribution >= 0.6 is 0 Å². The Morgan fingerprint density at radius 1 is 0.188 bits per heavy atom. The Kier molecular flexibility index (Phi) is 11.5. The van der Waals surface area contributed by atoms with Gasteiger partial charge in [-0.1, -0.05) is 109 Å². The van der Waals surface area contributed by atoms with Gasteiger partial charge in [0.2, 0.25) is 0 Å². The molecule has 10 aromatic rings. The Balaban J connectivity index is 1.58. The first-order valence-electron chi connectivity index (χ1n) is 21.0. The molecule has 0 aromatic heterocycles. The van der Waals surface area contributed by atoms with Crippen LogP contribution in [0.3, 0.4) is 0 Å². The van der Waals surface area contributed by atoms with Crippen molar-refractivity contribution in [2.75, 3.05) is 0 Å². The standard InChI is InChI=1S/C48H9B21/c49-28-22(24-25(36(57)46(67)45(66)35(24)56)26-27(28)38(59)48(69)47(68)37(26)58)23-21(33(54)43(64)44(65)34(23)55)16-19-17(29(50)39(60)41(62)31(19)52)15(18-20(16)32(53)42(63)40(61)30(18)51)14-9-10-5-1-2-6-11(10)12-7-3-4-8-13(12)14/h1-9H. The van der Waals surface area contributed by atoms with Crippen LogP contribution in [0.25, 0.3) is 98.0 Å². The molecule has 0 N–H and O–H groups in total. The van der Waals surface area contributed by atoms with Crippen LogP contribution in [0.4, 0.5) is 0 Å². The zero-order valence-electron chi connectivity index (χ0n) is 36.8. The second-order valence-electron chi connectivity index (χ2n) is 17.3. The molecule has 0 heterocycles. The summed E-state index contributed by atoms with van der Waals surface area (Å²) >= 11 is 0. The summed E-state index contributed by atoms with van der Waals surface area (Å²) in [6.07, 6.45) is 0. The lowest BCUT2D eigenvalue weighted by Gasteiger charge is -2.33. The molecule has 0 aliphatic heterocycles. The highest BCUT2D eigenvalue weighted by molar-refractivity contribution is 6.76. The predicted molar refractivity (Wildman–Crippen MR) is 321 cm³/mol. The van der Waals surface area contributed by atoms with Crippen LogP contribution in [0.5, 0.6) is 0 Å². The van der Waals surface area contributed by atoms with Crippen molar-refractivity contribution in [1.29, 1.82) is 0 Å². The van der Waals surface area contributed by atoms with Gasteiger partial charge in [0.15, 0.2) is 0 Å².